The Bertz CT molecular complexity index is 134. The summed E-state index contributed by atoms with van der Waals surface area (Å²) in [7, 11) is 0. The van der Waals surface area contributed by atoms with E-state index < -0.39 is 0 Å². The Labute approximate surface area is 82.1 Å². The number of hydrogen-bond donors (Lipinski definition) is 0. The van der Waals surface area contributed by atoms with Gasteiger partial charge in [0, 0.05) is 16.8 Å². The lowest BCUT2D eigenvalue weighted by atomic mass is 10.1. The van der Waals surface area contributed by atoms with Crippen LogP contribution in [0, 0.1) is 0 Å². The predicted octanol–water partition coefficient (Wildman–Crippen LogP) is 3.10. The van der Waals surface area contributed by atoms with E-state index in [9.17, 15) is 4.79 Å². The SMILES string of the molecule is O=C1CCCCC(I)CCC1. The molecule has 64 valence electrons. The van der Waals surface area contributed by atoms with Crippen molar-refractivity contribution in [2.45, 2.75) is 48.9 Å². The zero-order valence-corrected chi connectivity index (χ0v) is 8.97. The Morgan fingerprint density at radius 2 is 1.73 bits per heavy atom. The summed E-state index contributed by atoms with van der Waals surface area (Å²) < 4.78 is 0.818. The fraction of sp³-hybridized carbons (Fsp3) is 0.889. The van der Waals surface area contributed by atoms with E-state index in [-0.39, 0.29) is 0 Å². The second-order valence-corrected chi connectivity index (χ2v) is 5.04. The van der Waals surface area contributed by atoms with E-state index in [1.165, 1.54) is 19.3 Å². The molecule has 1 aliphatic rings. The van der Waals surface area contributed by atoms with Gasteiger partial charge in [0.05, 0.1) is 0 Å². The van der Waals surface area contributed by atoms with Gasteiger partial charge in [0.25, 0.3) is 0 Å². The van der Waals surface area contributed by atoms with Gasteiger partial charge < -0.3 is 0 Å². The molecule has 0 aliphatic heterocycles. The van der Waals surface area contributed by atoms with E-state index >= 15 is 0 Å². The highest BCUT2D eigenvalue weighted by Crippen LogP contribution is 2.20. The van der Waals surface area contributed by atoms with E-state index in [0.29, 0.717) is 5.78 Å². The normalized spacial score (nSPS) is 28.8. The number of hydrogen-bond acceptors (Lipinski definition) is 1. The number of alkyl halides is 1. The first-order valence-electron chi connectivity index (χ1n) is 4.45. The van der Waals surface area contributed by atoms with Crippen LogP contribution in [0.3, 0.4) is 0 Å². The third kappa shape index (κ3) is 4.09. The third-order valence-corrected chi connectivity index (χ3v) is 3.44. The first-order valence-corrected chi connectivity index (χ1v) is 5.69. The summed E-state index contributed by atoms with van der Waals surface area (Å²) in [5.74, 6) is 0.482. The molecular weight excluding hydrogens is 251 g/mol. The fourth-order valence-corrected chi connectivity index (χ4v) is 2.36. The van der Waals surface area contributed by atoms with Gasteiger partial charge in [0.1, 0.15) is 5.78 Å². The van der Waals surface area contributed by atoms with E-state index in [1.54, 1.807) is 0 Å². The minimum absolute atomic E-state index is 0.482. The molecule has 0 heterocycles. The van der Waals surface area contributed by atoms with Gasteiger partial charge in [-0.15, -0.1) is 0 Å². The minimum atomic E-state index is 0.482. The Kier molecular flexibility index (Phi) is 4.41. The van der Waals surface area contributed by atoms with Crippen LogP contribution in [0.2, 0.25) is 0 Å². The summed E-state index contributed by atoms with van der Waals surface area (Å²) in [4.78, 5) is 11.1. The van der Waals surface area contributed by atoms with Gasteiger partial charge in [-0.25, -0.2) is 0 Å². The molecule has 0 spiro atoms. The van der Waals surface area contributed by atoms with Gasteiger partial charge in [-0.3, -0.25) is 4.79 Å². The van der Waals surface area contributed by atoms with E-state index in [2.05, 4.69) is 22.6 Å². The Morgan fingerprint density at radius 1 is 1.09 bits per heavy atom. The number of ketones is 1. The van der Waals surface area contributed by atoms with Gasteiger partial charge in [-0.1, -0.05) is 29.0 Å². The summed E-state index contributed by atoms with van der Waals surface area (Å²) in [6, 6.07) is 0. The molecule has 1 rings (SSSR count). The molecule has 0 aromatic carbocycles. The zero-order valence-electron chi connectivity index (χ0n) is 6.81. The van der Waals surface area contributed by atoms with Crippen LogP contribution in [-0.2, 0) is 4.79 Å². The summed E-state index contributed by atoms with van der Waals surface area (Å²) in [6.07, 6.45) is 7.72. The van der Waals surface area contributed by atoms with Crippen molar-refractivity contribution >= 4 is 28.4 Å². The van der Waals surface area contributed by atoms with Gasteiger partial charge >= 0.3 is 0 Å². The van der Waals surface area contributed by atoms with Crippen molar-refractivity contribution in [2.24, 2.45) is 0 Å². The van der Waals surface area contributed by atoms with Crippen LogP contribution in [0.1, 0.15) is 44.9 Å². The molecule has 1 unspecified atom stereocenters. The highest BCUT2D eigenvalue weighted by atomic mass is 127. The summed E-state index contributed by atoms with van der Waals surface area (Å²) in [5.41, 5.74) is 0. The molecule has 0 amide bonds. The Morgan fingerprint density at radius 3 is 2.55 bits per heavy atom. The molecule has 1 fully saturated rings. The van der Waals surface area contributed by atoms with Crippen LogP contribution in [0.25, 0.3) is 0 Å². The first-order chi connectivity index (χ1) is 5.29. The molecule has 1 atom stereocenters. The molecule has 11 heavy (non-hydrogen) atoms. The topological polar surface area (TPSA) is 17.1 Å². The molecule has 2 heteroatoms. The standard InChI is InChI=1S/C9H15IO/c10-8-4-1-2-6-9(11)7-3-5-8/h8H,1-7H2. The van der Waals surface area contributed by atoms with Crippen LogP contribution in [0.4, 0.5) is 0 Å². The minimum Gasteiger partial charge on any atom is -0.300 e. The summed E-state index contributed by atoms with van der Waals surface area (Å²) in [6.45, 7) is 0. The zero-order chi connectivity index (χ0) is 8.10. The van der Waals surface area contributed by atoms with Crippen molar-refractivity contribution in [2.75, 3.05) is 0 Å². The molecule has 0 radical (unpaired) electrons. The molecule has 1 saturated carbocycles. The number of carbonyl (C=O) groups is 1. The summed E-state index contributed by atoms with van der Waals surface area (Å²) in [5, 5.41) is 0. The van der Waals surface area contributed by atoms with Gasteiger partial charge in [-0.05, 0) is 25.7 Å². The van der Waals surface area contributed by atoms with Crippen LogP contribution in [0.15, 0.2) is 0 Å². The smallest absolute Gasteiger partial charge is 0.132 e. The van der Waals surface area contributed by atoms with Crippen LogP contribution in [-0.4, -0.2) is 9.71 Å². The number of halogens is 1. The van der Waals surface area contributed by atoms with Crippen molar-refractivity contribution in [1.29, 1.82) is 0 Å². The lowest BCUT2D eigenvalue weighted by molar-refractivity contribution is -0.119. The van der Waals surface area contributed by atoms with Crippen molar-refractivity contribution in [3.8, 4) is 0 Å². The number of Topliss-reactive ketones (excluding diaryl/α,β-unsaturated/α-hetero) is 1. The second kappa shape index (κ2) is 5.12. The monoisotopic (exact) mass is 266 g/mol. The lowest BCUT2D eigenvalue weighted by Gasteiger charge is -2.04. The van der Waals surface area contributed by atoms with Gasteiger partial charge in [0.15, 0.2) is 0 Å². The van der Waals surface area contributed by atoms with Crippen LogP contribution in [0.5, 0.6) is 0 Å². The maximum absolute atomic E-state index is 11.1. The van der Waals surface area contributed by atoms with E-state index in [4.69, 9.17) is 0 Å². The average Bonchev–Trinajstić information content (AvgIpc) is 2.04. The maximum atomic E-state index is 11.1. The van der Waals surface area contributed by atoms with E-state index in [0.717, 1.165) is 29.6 Å². The molecule has 1 aliphatic carbocycles. The molecule has 0 saturated heterocycles. The molecule has 0 aromatic heterocycles. The fourth-order valence-electron chi connectivity index (χ4n) is 1.48. The highest BCUT2D eigenvalue weighted by molar-refractivity contribution is 14.1. The quantitative estimate of drug-likeness (QED) is 0.486. The van der Waals surface area contributed by atoms with Crippen LogP contribution < -0.4 is 0 Å². The number of rotatable bonds is 0. The second-order valence-electron chi connectivity index (χ2n) is 3.27. The molecule has 0 N–H and O–H groups in total. The largest absolute Gasteiger partial charge is 0.300 e. The van der Waals surface area contributed by atoms with Gasteiger partial charge in [-0.2, -0.15) is 0 Å². The van der Waals surface area contributed by atoms with Crippen molar-refractivity contribution in [1.82, 2.24) is 0 Å². The van der Waals surface area contributed by atoms with Gasteiger partial charge in [0.2, 0.25) is 0 Å². The molecule has 0 bridgehead atoms. The van der Waals surface area contributed by atoms with Crippen molar-refractivity contribution in [3.05, 3.63) is 0 Å². The van der Waals surface area contributed by atoms with Crippen LogP contribution >= 0.6 is 22.6 Å². The Balaban J connectivity index is 2.29. The van der Waals surface area contributed by atoms with Crippen molar-refractivity contribution < 1.29 is 4.79 Å². The predicted molar refractivity (Wildman–Crippen MR) is 55.1 cm³/mol. The number of carbonyl (C=O) groups excluding carboxylic acids is 1. The maximum Gasteiger partial charge on any atom is 0.132 e. The molecular formula is C9H15IO. The first kappa shape index (κ1) is 9.49. The lowest BCUT2D eigenvalue weighted by Crippen LogP contribution is -1.97. The molecule has 1 nitrogen and oxygen atoms in total. The third-order valence-electron chi connectivity index (χ3n) is 2.20. The van der Waals surface area contributed by atoms with Crippen molar-refractivity contribution in [3.63, 3.8) is 0 Å². The Hall–Kier alpha value is 0.400. The average molecular weight is 266 g/mol. The summed E-state index contributed by atoms with van der Waals surface area (Å²) >= 11 is 2.51. The molecule has 0 aromatic rings. The van der Waals surface area contributed by atoms with E-state index in [1.807, 2.05) is 0 Å². The highest BCUT2D eigenvalue weighted by Gasteiger charge is 2.09.